The maximum Gasteiger partial charge on any atom is 0.320 e. The van der Waals surface area contributed by atoms with Gasteiger partial charge < -0.3 is 19.5 Å². The Kier molecular flexibility index (Phi) is 4.05. The third-order valence-electron chi connectivity index (χ3n) is 6.15. The van der Waals surface area contributed by atoms with Crippen LogP contribution in [0.4, 0.5) is 4.79 Å². The highest BCUT2D eigenvalue weighted by molar-refractivity contribution is 6.07. The number of para-hydroxylation sites is 2. The molecule has 1 saturated carbocycles. The normalized spacial score (nSPS) is 19.2. The standard InChI is InChI=1S/C22H25N3O2/c26-17(14-23-12-13-24(22(23)27)16-6-5-7-16)15-25-20-10-3-1-8-18(20)19-9-2-4-11-21(19)25/h1-4,8-11,16-17,26H,5-7,12-15H2. The molecule has 2 aliphatic rings. The molecule has 2 amide bonds. The van der Waals surface area contributed by atoms with Gasteiger partial charge in [0.05, 0.1) is 19.2 Å². The fourth-order valence-corrected chi connectivity index (χ4v) is 4.53. The number of aliphatic hydroxyl groups is 1. The number of urea groups is 1. The molecular weight excluding hydrogens is 338 g/mol. The van der Waals surface area contributed by atoms with Crippen LogP contribution in [0.5, 0.6) is 0 Å². The molecule has 1 aromatic heterocycles. The van der Waals surface area contributed by atoms with E-state index < -0.39 is 6.10 Å². The number of aliphatic hydroxyl groups excluding tert-OH is 1. The molecule has 2 heterocycles. The Labute approximate surface area is 158 Å². The van der Waals surface area contributed by atoms with E-state index in [4.69, 9.17) is 0 Å². The second kappa shape index (κ2) is 6.57. The Morgan fingerprint density at radius 2 is 1.56 bits per heavy atom. The van der Waals surface area contributed by atoms with Crippen LogP contribution in [0.1, 0.15) is 19.3 Å². The van der Waals surface area contributed by atoms with Crippen LogP contribution in [-0.4, -0.2) is 57.3 Å². The van der Waals surface area contributed by atoms with Gasteiger partial charge in [0, 0.05) is 40.9 Å². The lowest BCUT2D eigenvalue weighted by molar-refractivity contribution is 0.109. The van der Waals surface area contributed by atoms with Crippen LogP contribution in [0.25, 0.3) is 21.8 Å². The molecule has 1 N–H and O–H groups in total. The van der Waals surface area contributed by atoms with Crippen LogP contribution < -0.4 is 0 Å². The Balaban J connectivity index is 1.36. The Bertz CT molecular complexity index is 938. The summed E-state index contributed by atoms with van der Waals surface area (Å²) in [6, 6.07) is 17.1. The van der Waals surface area contributed by atoms with Gasteiger partial charge in [-0.05, 0) is 31.4 Å². The molecule has 5 heteroatoms. The largest absolute Gasteiger partial charge is 0.389 e. The Hall–Kier alpha value is -2.53. The quantitative estimate of drug-likeness (QED) is 0.755. The third kappa shape index (κ3) is 2.77. The SMILES string of the molecule is O=C1N(CC(O)Cn2c3ccccc3c3ccccc32)CCN1C1CCC1. The molecule has 27 heavy (non-hydrogen) atoms. The van der Waals surface area contributed by atoms with E-state index in [9.17, 15) is 9.90 Å². The lowest BCUT2D eigenvalue weighted by atomic mass is 9.92. The number of carbonyl (C=O) groups is 1. The van der Waals surface area contributed by atoms with Crippen LogP contribution in [0.15, 0.2) is 48.5 Å². The van der Waals surface area contributed by atoms with E-state index in [2.05, 4.69) is 28.8 Å². The van der Waals surface area contributed by atoms with Gasteiger partial charge in [0.15, 0.2) is 0 Å². The van der Waals surface area contributed by atoms with Gasteiger partial charge in [-0.1, -0.05) is 36.4 Å². The predicted molar refractivity (Wildman–Crippen MR) is 107 cm³/mol. The second-order valence-electron chi connectivity index (χ2n) is 7.81. The maximum atomic E-state index is 12.6. The summed E-state index contributed by atoms with van der Waals surface area (Å²) >= 11 is 0. The summed E-state index contributed by atoms with van der Waals surface area (Å²) in [5, 5.41) is 13.2. The fourth-order valence-electron chi connectivity index (χ4n) is 4.53. The molecule has 1 atom stereocenters. The molecule has 5 nitrogen and oxygen atoms in total. The summed E-state index contributed by atoms with van der Waals surface area (Å²) < 4.78 is 2.18. The third-order valence-corrected chi connectivity index (χ3v) is 6.15. The Morgan fingerprint density at radius 3 is 2.15 bits per heavy atom. The summed E-state index contributed by atoms with van der Waals surface area (Å²) in [6.07, 6.45) is 2.90. The average molecular weight is 363 g/mol. The first-order valence-corrected chi connectivity index (χ1v) is 9.92. The molecule has 1 unspecified atom stereocenters. The zero-order valence-electron chi connectivity index (χ0n) is 15.4. The number of rotatable bonds is 5. The minimum atomic E-state index is -0.588. The summed E-state index contributed by atoms with van der Waals surface area (Å²) in [7, 11) is 0. The van der Waals surface area contributed by atoms with E-state index in [0.717, 1.165) is 37.0 Å². The predicted octanol–water partition coefficient (Wildman–Crippen LogP) is 3.45. The molecule has 0 bridgehead atoms. The van der Waals surface area contributed by atoms with Crippen molar-refractivity contribution in [3.8, 4) is 0 Å². The molecule has 0 spiro atoms. The lowest BCUT2D eigenvalue weighted by Crippen LogP contribution is -2.44. The van der Waals surface area contributed by atoms with E-state index in [1.807, 2.05) is 34.1 Å². The minimum Gasteiger partial charge on any atom is -0.389 e. The lowest BCUT2D eigenvalue weighted by Gasteiger charge is -2.34. The molecule has 0 radical (unpaired) electrons. The fraction of sp³-hybridized carbons (Fsp3) is 0.409. The number of benzene rings is 2. The van der Waals surface area contributed by atoms with Gasteiger partial charge >= 0.3 is 6.03 Å². The number of hydrogen-bond donors (Lipinski definition) is 1. The number of carbonyl (C=O) groups excluding carboxylic acids is 1. The van der Waals surface area contributed by atoms with E-state index in [0.29, 0.717) is 19.1 Å². The van der Waals surface area contributed by atoms with Gasteiger partial charge in [-0.2, -0.15) is 0 Å². The van der Waals surface area contributed by atoms with E-state index in [-0.39, 0.29) is 6.03 Å². The highest BCUT2D eigenvalue weighted by Gasteiger charge is 2.36. The first kappa shape index (κ1) is 16.6. The molecule has 1 saturated heterocycles. The van der Waals surface area contributed by atoms with Crippen molar-refractivity contribution in [2.45, 2.75) is 38.0 Å². The van der Waals surface area contributed by atoms with Crippen LogP contribution in [-0.2, 0) is 6.54 Å². The number of hydrogen-bond acceptors (Lipinski definition) is 2. The van der Waals surface area contributed by atoms with Gasteiger partial charge in [-0.15, -0.1) is 0 Å². The number of aromatic nitrogens is 1. The molecule has 2 fully saturated rings. The van der Waals surface area contributed by atoms with Crippen molar-refractivity contribution in [1.82, 2.24) is 14.4 Å². The van der Waals surface area contributed by atoms with Crippen LogP contribution >= 0.6 is 0 Å². The van der Waals surface area contributed by atoms with Crippen LogP contribution in [0.3, 0.4) is 0 Å². The molecule has 3 aromatic rings. The second-order valence-corrected chi connectivity index (χ2v) is 7.81. The minimum absolute atomic E-state index is 0.0981. The first-order chi connectivity index (χ1) is 13.2. The maximum absolute atomic E-state index is 12.6. The van der Waals surface area contributed by atoms with E-state index in [1.165, 1.54) is 17.2 Å². The molecule has 5 rings (SSSR count). The highest BCUT2D eigenvalue weighted by Crippen LogP contribution is 2.30. The molecule has 1 aliphatic carbocycles. The van der Waals surface area contributed by atoms with Gasteiger partial charge in [0.1, 0.15) is 0 Å². The topological polar surface area (TPSA) is 48.7 Å². The summed E-state index contributed by atoms with van der Waals surface area (Å²) in [5.41, 5.74) is 2.25. The van der Waals surface area contributed by atoms with Gasteiger partial charge in [-0.25, -0.2) is 4.79 Å². The number of amides is 2. The van der Waals surface area contributed by atoms with Crippen LogP contribution in [0.2, 0.25) is 0 Å². The van der Waals surface area contributed by atoms with Crippen molar-refractivity contribution in [3.63, 3.8) is 0 Å². The van der Waals surface area contributed by atoms with Crippen molar-refractivity contribution in [2.24, 2.45) is 0 Å². The van der Waals surface area contributed by atoms with Crippen molar-refractivity contribution >= 4 is 27.8 Å². The summed E-state index contributed by atoms with van der Waals surface area (Å²) in [6.45, 7) is 2.40. The van der Waals surface area contributed by atoms with Crippen molar-refractivity contribution in [1.29, 1.82) is 0 Å². The summed E-state index contributed by atoms with van der Waals surface area (Å²) in [5.74, 6) is 0. The first-order valence-electron chi connectivity index (χ1n) is 9.92. The van der Waals surface area contributed by atoms with E-state index in [1.54, 1.807) is 0 Å². The molecule has 1 aliphatic heterocycles. The van der Waals surface area contributed by atoms with Gasteiger partial charge in [-0.3, -0.25) is 0 Å². The van der Waals surface area contributed by atoms with Gasteiger partial charge in [0.2, 0.25) is 0 Å². The monoisotopic (exact) mass is 363 g/mol. The smallest absolute Gasteiger partial charge is 0.320 e. The van der Waals surface area contributed by atoms with Crippen molar-refractivity contribution in [2.75, 3.05) is 19.6 Å². The number of β-amino-alcohol motifs (C(OH)–C–C–N with tert-alkyl or cyclic N) is 1. The van der Waals surface area contributed by atoms with Crippen molar-refractivity contribution in [3.05, 3.63) is 48.5 Å². The number of nitrogens with zero attached hydrogens (tertiary/aromatic N) is 3. The number of fused-ring (bicyclic) bond motifs is 3. The summed E-state index contributed by atoms with van der Waals surface area (Å²) in [4.78, 5) is 16.4. The van der Waals surface area contributed by atoms with Crippen molar-refractivity contribution < 1.29 is 9.90 Å². The zero-order chi connectivity index (χ0) is 18.4. The molecular formula is C22H25N3O2. The average Bonchev–Trinajstić information content (AvgIpc) is 3.14. The zero-order valence-corrected chi connectivity index (χ0v) is 15.4. The highest BCUT2D eigenvalue weighted by atomic mass is 16.3. The van der Waals surface area contributed by atoms with Gasteiger partial charge in [0.25, 0.3) is 0 Å². The Morgan fingerprint density at radius 1 is 0.926 bits per heavy atom. The molecule has 140 valence electrons. The van der Waals surface area contributed by atoms with Crippen LogP contribution in [0, 0.1) is 0 Å². The van der Waals surface area contributed by atoms with E-state index >= 15 is 0 Å². The molecule has 2 aromatic carbocycles.